The lowest BCUT2D eigenvalue weighted by Crippen LogP contribution is -2.38. The Kier molecular flexibility index (Phi) is 15.8. The van der Waals surface area contributed by atoms with E-state index in [1.54, 1.807) is 14.2 Å². The number of hydrogen-bond donors (Lipinski definition) is 1. The van der Waals surface area contributed by atoms with Crippen LogP contribution in [0.4, 0.5) is 13.2 Å². The van der Waals surface area contributed by atoms with E-state index in [1.165, 1.54) is 63.3 Å². The molecule has 0 aromatic carbocycles. The number of methoxy groups -OCH3 is 1. The van der Waals surface area contributed by atoms with Crippen LogP contribution in [-0.4, -0.2) is 52.7 Å². The van der Waals surface area contributed by atoms with Crippen LogP contribution in [0.15, 0.2) is 11.6 Å². The first kappa shape index (κ1) is 34.7. The van der Waals surface area contributed by atoms with Crippen LogP contribution in [0.5, 0.6) is 0 Å². The van der Waals surface area contributed by atoms with Gasteiger partial charge in [0.25, 0.3) is 0 Å². The number of hydrogen-bond acceptors (Lipinski definition) is 6. The summed E-state index contributed by atoms with van der Waals surface area (Å²) in [4.78, 5) is 15.9. The second kappa shape index (κ2) is 17.3. The first-order valence-corrected chi connectivity index (χ1v) is 14.1. The highest BCUT2D eigenvalue weighted by Crippen LogP contribution is 2.39. The molecule has 2 atom stereocenters. The predicted molar refractivity (Wildman–Crippen MR) is 145 cm³/mol. The molecule has 2 rings (SSSR count). The van der Waals surface area contributed by atoms with Crippen molar-refractivity contribution >= 4 is 40.5 Å². The Hall–Kier alpha value is -1.37. The fourth-order valence-electron chi connectivity index (χ4n) is 3.98. The molecule has 38 heavy (non-hydrogen) atoms. The van der Waals surface area contributed by atoms with Crippen molar-refractivity contribution in [2.75, 3.05) is 20.8 Å². The van der Waals surface area contributed by atoms with E-state index in [1.807, 2.05) is 10.4 Å². The molecule has 0 amide bonds. The first-order chi connectivity index (χ1) is 17.9. The molecule has 13 heteroatoms. The van der Waals surface area contributed by atoms with Crippen LogP contribution in [0.2, 0.25) is 9.36 Å². The molecule has 7 nitrogen and oxygen atoms in total. The summed E-state index contributed by atoms with van der Waals surface area (Å²) in [6.07, 6.45) is 6.33. The highest BCUT2D eigenvalue weighted by atomic mass is 35.5. The summed E-state index contributed by atoms with van der Waals surface area (Å²) in [5, 5.41) is 16.0. The van der Waals surface area contributed by atoms with E-state index in [9.17, 15) is 18.0 Å². The minimum Gasteiger partial charge on any atom is -0.478 e. The maximum absolute atomic E-state index is 12.1. The number of hydroxylamine groups is 2. The third-order valence-corrected chi connectivity index (χ3v) is 7.82. The van der Waals surface area contributed by atoms with Crippen LogP contribution in [0.25, 0.3) is 0 Å². The van der Waals surface area contributed by atoms with Crippen molar-refractivity contribution in [1.82, 2.24) is 14.8 Å². The lowest BCUT2D eigenvalue weighted by atomic mass is 10.1. The summed E-state index contributed by atoms with van der Waals surface area (Å²) in [6, 6.07) is 0.0581. The van der Waals surface area contributed by atoms with E-state index >= 15 is 0 Å². The summed E-state index contributed by atoms with van der Waals surface area (Å²) < 4.78 is 43.4. The van der Waals surface area contributed by atoms with Gasteiger partial charge in [-0.05, 0) is 18.7 Å². The van der Waals surface area contributed by atoms with Crippen molar-refractivity contribution in [3.63, 3.8) is 0 Å². The Balaban J connectivity index is 0.000000464. The second-order valence-electron chi connectivity index (χ2n) is 8.84. The number of carboxylic acid groups (broad SMARTS) is 1. The van der Waals surface area contributed by atoms with E-state index in [4.69, 9.17) is 37.9 Å². The fourth-order valence-corrected chi connectivity index (χ4v) is 5.28. The Bertz CT molecular complexity index is 972. The highest BCUT2D eigenvalue weighted by molar-refractivity contribution is 7.15. The van der Waals surface area contributed by atoms with E-state index in [0.717, 1.165) is 29.4 Å². The number of halogens is 5. The normalized spacial score (nSPS) is 13.3. The van der Waals surface area contributed by atoms with Crippen LogP contribution < -0.4 is 0 Å². The first-order valence-electron chi connectivity index (χ1n) is 12.5. The summed E-state index contributed by atoms with van der Waals surface area (Å²) in [6.45, 7) is 5.25. The van der Waals surface area contributed by atoms with Crippen molar-refractivity contribution < 1.29 is 32.6 Å². The number of ether oxygens (including phenoxy) is 1. The van der Waals surface area contributed by atoms with Gasteiger partial charge in [0, 0.05) is 32.5 Å². The molecule has 0 spiro atoms. The monoisotopic (exact) mass is 603 g/mol. The molecule has 0 aliphatic carbocycles. The molecule has 218 valence electrons. The average molecular weight is 605 g/mol. The Morgan fingerprint density at radius 2 is 1.74 bits per heavy atom. The van der Waals surface area contributed by atoms with Gasteiger partial charge < -0.3 is 14.7 Å². The minimum atomic E-state index is -4.73. The van der Waals surface area contributed by atoms with Gasteiger partial charge in [-0.25, -0.2) is 4.79 Å². The zero-order valence-corrected chi connectivity index (χ0v) is 24.8. The molecule has 2 aromatic heterocycles. The summed E-state index contributed by atoms with van der Waals surface area (Å²) in [5.41, 5.74) is -1.28. The Labute approximate surface area is 236 Å². The van der Waals surface area contributed by atoms with Gasteiger partial charge in [0.2, 0.25) is 0 Å². The standard InChI is InChI=1S/C19H33Cl2NO2S.C6H5F3N2O2/c1-5-6-7-8-9-10-11-12-13-22(24-4)15(2)18(23-3)16-14-25-19(21)17(16)20;1-11-2-3(5(12)13)4(10-11)6(7,8)9/h14-15,18H,5-13H2,1-4H3;2H,1H3,(H,12,13). The summed E-state index contributed by atoms with van der Waals surface area (Å²) in [7, 11) is 4.64. The number of carbonyl (C=O) groups is 1. The number of aromatic carboxylic acids is 1. The Morgan fingerprint density at radius 3 is 2.16 bits per heavy atom. The molecule has 0 aliphatic rings. The van der Waals surface area contributed by atoms with E-state index in [2.05, 4.69) is 18.9 Å². The maximum atomic E-state index is 12.1. The number of nitrogens with zero attached hydrogens (tertiary/aromatic N) is 3. The van der Waals surface area contributed by atoms with Crippen LogP contribution in [0.3, 0.4) is 0 Å². The Morgan fingerprint density at radius 1 is 1.16 bits per heavy atom. The van der Waals surface area contributed by atoms with Gasteiger partial charge in [0.15, 0.2) is 5.69 Å². The smallest absolute Gasteiger partial charge is 0.436 e. The summed E-state index contributed by atoms with van der Waals surface area (Å²) >= 11 is 13.8. The van der Waals surface area contributed by atoms with Gasteiger partial charge in [-0.3, -0.25) is 4.68 Å². The van der Waals surface area contributed by atoms with Gasteiger partial charge in [-0.15, -0.1) is 11.3 Å². The van der Waals surface area contributed by atoms with Crippen molar-refractivity contribution in [2.24, 2.45) is 7.05 Å². The highest BCUT2D eigenvalue weighted by Gasteiger charge is 2.39. The van der Waals surface area contributed by atoms with Crippen molar-refractivity contribution in [2.45, 2.75) is 83.5 Å². The van der Waals surface area contributed by atoms with E-state index in [-0.39, 0.29) is 12.1 Å². The number of alkyl halides is 3. The molecule has 0 fully saturated rings. The molecule has 0 aliphatic heterocycles. The van der Waals surface area contributed by atoms with Crippen LogP contribution in [0.1, 0.15) is 92.9 Å². The fraction of sp³-hybridized carbons (Fsp3) is 0.680. The lowest BCUT2D eigenvalue weighted by molar-refractivity contribution is -0.184. The number of rotatable bonds is 15. The number of thiophene rings is 1. The molecule has 0 saturated carbocycles. The third kappa shape index (κ3) is 11.0. The number of aromatic nitrogens is 2. The van der Waals surface area contributed by atoms with Crippen molar-refractivity contribution in [1.29, 1.82) is 0 Å². The van der Waals surface area contributed by atoms with Gasteiger partial charge in [-0.1, -0.05) is 75.1 Å². The molecular weight excluding hydrogens is 566 g/mol. The van der Waals surface area contributed by atoms with E-state index in [0.29, 0.717) is 9.36 Å². The lowest BCUT2D eigenvalue weighted by Gasteiger charge is -2.32. The second-order valence-corrected chi connectivity index (χ2v) is 10.7. The van der Waals surface area contributed by atoms with Gasteiger partial charge >= 0.3 is 12.1 Å². The molecular formula is C25H38Cl2F3N3O4S. The molecule has 1 N–H and O–H groups in total. The summed E-state index contributed by atoms with van der Waals surface area (Å²) in [5.74, 6) is -1.64. The van der Waals surface area contributed by atoms with E-state index < -0.39 is 23.4 Å². The SMILES string of the molecule is CCCCCCCCCCN(OC)C(C)C(OC)c1csc(Cl)c1Cl.Cn1cc(C(=O)O)c(C(F)(F)F)n1. The van der Waals surface area contributed by atoms with Gasteiger partial charge in [0.1, 0.15) is 16.0 Å². The zero-order chi connectivity index (χ0) is 28.9. The quantitative estimate of drug-likeness (QED) is 0.163. The molecule has 2 unspecified atom stereocenters. The van der Waals surface area contributed by atoms with Crippen LogP contribution >= 0.6 is 34.5 Å². The largest absolute Gasteiger partial charge is 0.478 e. The van der Waals surface area contributed by atoms with Crippen molar-refractivity contribution in [3.8, 4) is 0 Å². The average Bonchev–Trinajstić information content (AvgIpc) is 3.42. The molecule has 2 aromatic rings. The zero-order valence-electron chi connectivity index (χ0n) is 22.5. The predicted octanol–water partition coefficient (Wildman–Crippen LogP) is 8.27. The third-order valence-electron chi connectivity index (χ3n) is 5.96. The molecule has 0 bridgehead atoms. The van der Waals surface area contributed by atoms with Crippen molar-refractivity contribution in [3.05, 3.63) is 37.8 Å². The molecule has 0 radical (unpaired) electrons. The number of carboxylic acids is 1. The minimum absolute atomic E-state index is 0.0581. The van der Waals surface area contributed by atoms with Gasteiger partial charge in [-0.2, -0.15) is 23.3 Å². The molecule has 0 saturated heterocycles. The number of aryl methyl sites for hydroxylation is 1. The molecule has 2 heterocycles. The topological polar surface area (TPSA) is 76.8 Å². The van der Waals surface area contributed by atoms with Crippen LogP contribution in [-0.2, 0) is 22.8 Å². The van der Waals surface area contributed by atoms with Crippen LogP contribution in [0, 0.1) is 0 Å². The van der Waals surface area contributed by atoms with Gasteiger partial charge in [0.05, 0.1) is 18.2 Å². The number of unbranched alkanes of at least 4 members (excludes halogenated alkanes) is 7. The maximum Gasteiger partial charge on any atom is 0.436 e.